The summed E-state index contributed by atoms with van der Waals surface area (Å²) >= 11 is 6.00. The highest BCUT2D eigenvalue weighted by Crippen LogP contribution is 2.46. The number of amides is 1. The second-order valence-electron chi connectivity index (χ2n) is 13.5. The van der Waals surface area contributed by atoms with Crippen molar-refractivity contribution >= 4 is 29.0 Å². The number of carbonyl (C=O) groups excluding carboxylic acids is 1. The maximum absolute atomic E-state index is 15.4. The van der Waals surface area contributed by atoms with E-state index in [9.17, 15) is 18.0 Å². The van der Waals surface area contributed by atoms with Crippen LogP contribution in [0, 0.1) is 5.82 Å². The van der Waals surface area contributed by atoms with Gasteiger partial charge in [0.2, 0.25) is 0 Å². The van der Waals surface area contributed by atoms with Crippen LogP contribution in [0.3, 0.4) is 0 Å². The van der Waals surface area contributed by atoms with Crippen LogP contribution in [-0.2, 0) is 37.0 Å². The molecule has 1 amide bonds. The Morgan fingerprint density at radius 2 is 2.00 bits per heavy atom. The van der Waals surface area contributed by atoms with Crippen molar-refractivity contribution in [1.82, 2.24) is 29.5 Å². The van der Waals surface area contributed by atoms with Gasteiger partial charge in [-0.2, -0.15) is 28.2 Å². The zero-order valence-corrected chi connectivity index (χ0v) is 28.0. The number of hydrogen-bond acceptors (Lipinski definition) is 9. The molecule has 2 atom stereocenters. The van der Waals surface area contributed by atoms with Crippen molar-refractivity contribution in [3.63, 3.8) is 0 Å². The Hall–Kier alpha value is -3.95. The normalized spacial score (nSPS) is 22.5. The van der Waals surface area contributed by atoms with Crippen molar-refractivity contribution in [2.75, 3.05) is 51.0 Å². The molecule has 0 spiro atoms. The number of nitrogen functional groups attached to an aromatic ring is 1. The molecule has 49 heavy (non-hydrogen) atoms. The minimum Gasteiger partial charge on any atom is -0.461 e. The summed E-state index contributed by atoms with van der Waals surface area (Å²) in [6, 6.07) is 2.58. The predicted molar refractivity (Wildman–Crippen MR) is 173 cm³/mol. The van der Waals surface area contributed by atoms with Crippen LogP contribution in [0.2, 0.25) is 5.02 Å². The molecule has 3 aromatic rings. The molecule has 11 nitrogen and oxygen atoms in total. The average molecular weight is 705 g/mol. The second kappa shape index (κ2) is 12.4. The first-order valence-corrected chi connectivity index (χ1v) is 16.6. The van der Waals surface area contributed by atoms with Crippen molar-refractivity contribution < 1.29 is 31.8 Å². The Morgan fingerprint density at radius 1 is 1.20 bits per heavy atom. The molecule has 2 saturated heterocycles. The number of nitrogens with two attached hydrogens (primary N) is 1. The van der Waals surface area contributed by atoms with E-state index in [4.69, 9.17) is 36.8 Å². The summed E-state index contributed by atoms with van der Waals surface area (Å²) in [7, 11) is 3.32. The zero-order valence-electron chi connectivity index (χ0n) is 27.2. The van der Waals surface area contributed by atoms with Gasteiger partial charge in [-0.1, -0.05) is 23.8 Å². The summed E-state index contributed by atoms with van der Waals surface area (Å²) in [6.07, 6.45) is -3.13. The van der Waals surface area contributed by atoms with Gasteiger partial charge in [-0.15, -0.1) is 0 Å². The number of fused-ring (bicyclic) bond motifs is 3. The summed E-state index contributed by atoms with van der Waals surface area (Å²) in [5, 5.41) is 3.81. The van der Waals surface area contributed by atoms with E-state index in [0.29, 0.717) is 55.4 Å². The molecule has 2 fully saturated rings. The van der Waals surface area contributed by atoms with Crippen molar-refractivity contribution in [3.8, 4) is 6.01 Å². The Kier molecular flexibility index (Phi) is 8.51. The number of carbonyl (C=O) groups is 1. The molecule has 0 aliphatic carbocycles. The fourth-order valence-corrected chi connectivity index (χ4v) is 7.95. The number of hydrogen-bond donors (Lipinski definition) is 1. The van der Waals surface area contributed by atoms with Gasteiger partial charge in [0.25, 0.3) is 5.91 Å². The first-order valence-electron chi connectivity index (χ1n) is 16.2. The third-order valence-corrected chi connectivity index (χ3v) is 10.2. The maximum atomic E-state index is 15.4. The van der Waals surface area contributed by atoms with Gasteiger partial charge in [0.1, 0.15) is 12.4 Å². The van der Waals surface area contributed by atoms with E-state index in [1.165, 1.54) is 4.90 Å². The standard InChI is InChI=1S/C33H37ClF4N8O3/c1-18-13-32(6-4-8-45(32)14-18)17-49-31-40-23-12-25(26-27(33(36,37)38)21(34)11-22(39)28(26)35)48-16-20(23)29(41-31)44-7-5-9-46-19(15-44)10-24(42-46)30(47)43(2)3/h10-11,25H,1,4-9,12-17,39H2,2-3H3/t25-,32-/m1/s1. The van der Waals surface area contributed by atoms with Crippen LogP contribution in [0.15, 0.2) is 24.3 Å². The molecule has 0 unspecified atom stereocenters. The van der Waals surface area contributed by atoms with Gasteiger partial charge in [0.05, 0.1) is 52.5 Å². The lowest BCUT2D eigenvalue weighted by Gasteiger charge is -2.33. The fourth-order valence-electron chi connectivity index (χ4n) is 7.62. The smallest absolute Gasteiger partial charge is 0.418 e. The number of aryl methyl sites for hydroxylation is 1. The van der Waals surface area contributed by atoms with E-state index in [1.807, 2.05) is 4.90 Å². The highest BCUT2D eigenvalue weighted by Gasteiger charge is 2.47. The van der Waals surface area contributed by atoms with E-state index in [-0.39, 0.29) is 30.5 Å². The molecule has 262 valence electrons. The van der Waals surface area contributed by atoms with Gasteiger partial charge in [-0.25, -0.2) is 4.39 Å². The third kappa shape index (κ3) is 6.09. The van der Waals surface area contributed by atoms with E-state index < -0.39 is 39.9 Å². The monoisotopic (exact) mass is 704 g/mol. The van der Waals surface area contributed by atoms with E-state index in [1.54, 1.807) is 24.8 Å². The number of aromatic nitrogens is 4. The Balaban J connectivity index is 1.27. The van der Waals surface area contributed by atoms with Crippen LogP contribution in [-0.4, -0.2) is 81.3 Å². The van der Waals surface area contributed by atoms with Crippen molar-refractivity contribution in [3.05, 3.63) is 68.9 Å². The molecule has 0 bridgehead atoms. The highest BCUT2D eigenvalue weighted by molar-refractivity contribution is 6.31. The Morgan fingerprint density at radius 3 is 2.76 bits per heavy atom. The highest BCUT2D eigenvalue weighted by atomic mass is 35.5. The van der Waals surface area contributed by atoms with Gasteiger partial charge < -0.3 is 25.0 Å². The van der Waals surface area contributed by atoms with Crippen molar-refractivity contribution in [2.45, 2.75) is 69.6 Å². The number of halogens is 5. The van der Waals surface area contributed by atoms with Crippen LogP contribution in [0.25, 0.3) is 0 Å². The lowest BCUT2D eigenvalue weighted by molar-refractivity contribution is -0.140. The molecule has 7 rings (SSSR count). The molecule has 1 aromatic carbocycles. The summed E-state index contributed by atoms with van der Waals surface area (Å²) in [4.78, 5) is 28.1. The summed E-state index contributed by atoms with van der Waals surface area (Å²) in [6.45, 7) is 7.51. The maximum Gasteiger partial charge on any atom is 0.418 e. The minimum atomic E-state index is -4.96. The van der Waals surface area contributed by atoms with Gasteiger partial charge >= 0.3 is 12.2 Å². The van der Waals surface area contributed by atoms with Gasteiger partial charge in [-0.3, -0.25) is 14.4 Å². The quantitative estimate of drug-likeness (QED) is 0.211. The van der Waals surface area contributed by atoms with Gasteiger partial charge in [0.15, 0.2) is 11.5 Å². The number of rotatable bonds is 6. The van der Waals surface area contributed by atoms with Crippen LogP contribution < -0.4 is 15.4 Å². The molecular weight excluding hydrogens is 668 g/mol. The van der Waals surface area contributed by atoms with Gasteiger partial charge in [-0.05, 0) is 44.4 Å². The SMILES string of the molecule is C=C1CN2CCC[C@]2(COc2nc3c(c(N4CCCn5nc(C(=O)N(C)C)cc5C4)n2)CO[C@@H](c2c(F)c(N)cc(Cl)c2C(F)(F)F)C3)C1. The number of alkyl halides is 3. The number of ether oxygens (including phenoxy) is 2. The van der Waals surface area contributed by atoms with Crippen LogP contribution >= 0.6 is 11.6 Å². The number of anilines is 2. The first kappa shape index (κ1) is 33.5. The number of nitrogens with zero attached hydrogens (tertiary/aromatic N) is 7. The van der Waals surface area contributed by atoms with Crippen LogP contribution in [0.1, 0.15) is 70.4 Å². The van der Waals surface area contributed by atoms with E-state index >= 15 is 4.39 Å². The van der Waals surface area contributed by atoms with Crippen molar-refractivity contribution in [1.29, 1.82) is 0 Å². The topological polar surface area (TPSA) is 115 Å². The molecule has 4 aliphatic heterocycles. The molecule has 0 radical (unpaired) electrons. The summed E-state index contributed by atoms with van der Waals surface area (Å²) in [5.74, 6) is -0.960. The Bertz CT molecular complexity index is 1830. The van der Waals surface area contributed by atoms with Gasteiger partial charge in [0, 0.05) is 51.3 Å². The molecular formula is C33H37ClF4N8O3. The Labute approximate surface area is 285 Å². The van der Waals surface area contributed by atoms with E-state index in [0.717, 1.165) is 49.7 Å². The minimum absolute atomic E-state index is 0.0662. The van der Waals surface area contributed by atoms with Crippen molar-refractivity contribution in [2.24, 2.45) is 0 Å². The fraction of sp³-hybridized carbons (Fsp3) is 0.515. The average Bonchev–Trinajstić information content (AvgIpc) is 3.66. The lowest BCUT2D eigenvalue weighted by atomic mass is 9.93. The van der Waals surface area contributed by atoms with E-state index in [2.05, 4.69) is 16.6 Å². The van der Waals surface area contributed by atoms with Crippen LogP contribution in [0.4, 0.5) is 29.1 Å². The summed E-state index contributed by atoms with van der Waals surface area (Å²) in [5.41, 5.74) is 6.10. The zero-order chi connectivity index (χ0) is 34.8. The molecule has 2 N–H and O–H groups in total. The predicted octanol–water partition coefficient (Wildman–Crippen LogP) is 5.17. The first-order chi connectivity index (χ1) is 23.2. The molecule has 6 heterocycles. The largest absolute Gasteiger partial charge is 0.461 e. The molecule has 16 heteroatoms. The molecule has 2 aromatic heterocycles. The second-order valence-corrected chi connectivity index (χ2v) is 13.9. The molecule has 4 aliphatic rings. The van der Waals surface area contributed by atoms with Crippen LogP contribution in [0.5, 0.6) is 6.01 Å². The number of benzene rings is 1. The lowest BCUT2D eigenvalue weighted by Crippen LogP contribution is -2.43. The molecule has 0 saturated carbocycles. The summed E-state index contributed by atoms with van der Waals surface area (Å²) < 4.78 is 72.3. The third-order valence-electron chi connectivity index (χ3n) is 9.89.